The number of nitrogens with two attached hydrogens (primary N) is 1. The zero-order chi connectivity index (χ0) is 21.7. The number of rotatable bonds is 8. The Labute approximate surface area is 178 Å². The van der Waals surface area contributed by atoms with Crippen molar-refractivity contribution >= 4 is 23.3 Å². The SMILES string of the molecule is CCOC(C(=O)NCc1ccc(C(=N)N)cc1)n1ccc(-c2cc(Cl)ccc2O)n1. The van der Waals surface area contributed by atoms with Gasteiger partial charge in [-0.3, -0.25) is 10.2 Å². The predicted octanol–water partition coefficient (Wildman–Crippen LogP) is 3.04. The number of hydrogen-bond acceptors (Lipinski definition) is 5. The summed E-state index contributed by atoms with van der Waals surface area (Å²) in [6, 6.07) is 13.4. The van der Waals surface area contributed by atoms with Gasteiger partial charge >= 0.3 is 0 Å². The van der Waals surface area contributed by atoms with Gasteiger partial charge in [-0.05, 0) is 36.8 Å². The van der Waals surface area contributed by atoms with Crippen LogP contribution in [0.25, 0.3) is 11.3 Å². The second-order valence-corrected chi connectivity index (χ2v) is 6.92. The summed E-state index contributed by atoms with van der Waals surface area (Å²) in [4.78, 5) is 12.7. The van der Waals surface area contributed by atoms with E-state index >= 15 is 0 Å². The average molecular weight is 428 g/mol. The van der Waals surface area contributed by atoms with E-state index in [1.165, 1.54) is 10.7 Å². The van der Waals surface area contributed by atoms with E-state index in [9.17, 15) is 9.90 Å². The molecule has 30 heavy (non-hydrogen) atoms. The monoisotopic (exact) mass is 427 g/mol. The van der Waals surface area contributed by atoms with Gasteiger partial charge in [-0.25, -0.2) is 4.68 Å². The second-order valence-electron chi connectivity index (χ2n) is 6.48. The molecular weight excluding hydrogens is 406 g/mol. The van der Waals surface area contributed by atoms with E-state index in [0.717, 1.165) is 5.56 Å². The summed E-state index contributed by atoms with van der Waals surface area (Å²) in [7, 11) is 0. The lowest BCUT2D eigenvalue weighted by Crippen LogP contribution is -2.34. The smallest absolute Gasteiger partial charge is 0.272 e. The molecule has 0 bridgehead atoms. The number of benzene rings is 2. The summed E-state index contributed by atoms with van der Waals surface area (Å²) in [6.07, 6.45) is 0.638. The molecule has 1 aromatic heterocycles. The Morgan fingerprint density at radius 3 is 2.70 bits per heavy atom. The lowest BCUT2D eigenvalue weighted by molar-refractivity contribution is -0.139. The van der Waals surface area contributed by atoms with Gasteiger partial charge in [-0.15, -0.1) is 0 Å². The van der Waals surface area contributed by atoms with Gasteiger partial charge in [0.1, 0.15) is 11.6 Å². The van der Waals surface area contributed by atoms with Crippen LogP contribution in [-0.4, -0.2) is 33.2 Å². The van der Waals surface area contributed by atoms with Crippen LogP contribution in [0.1, 0.15) is 24.3 Å². The van der Waals surface area contributed by atoms with E-state index in [-0.39, 0.29) is 24.0 Å². The normalized spacial score (nSPS) is 11.8. The highest BCUT2D eigenvalue weighted by atomic mass is 35.5. The van der Waals surface area contributed by atoms with Crippen LogP contribution in [0.3, 0.4) is 0 Å². The highest BCUT2D eigenvalue weighted by Gasteiger charge is 2.22. The fourth-order valence-electron chi connectivity index (χ4n) is 2.83. The number of phenols is 1. The Bertz CT molecular complexity index is 1050. The van der Waals surface area contributed by atoms with Crippen molar-refractivity contribution in [1.82, 2.24) is 15.1 Å². The lowest BCUT2D eigenvalue weighted by Gasteiger charge is -2.17. The summed E-state index contributed by atoms with van der Waals surface area (Å²) < 4.78 is 6.98. The maximum Gasteiger partial charge on any atom is 0.272 e. The van der Waals surface area contributed by atoms with Crippen LogP contribution in [0.4, 0.5) is 0 Å². The van der Waals surface area contributed by atoms with Crippen LogP contribution in [-0.2, 0) is 16.1 Å². The zero-order valence-electron chi connectivity index (χ0n) is 16.3. The Morgan fingerprint density at radius 2 is 2.03 bits per heavy atom. The Hall–Kier alpha value is -3.36. The number of nitrogen functional groups attached to an aromatic ring is 1. The van der Waals surface area contributed by atoms with Gasteiger partial charge in [0.25, 0.3) is 5.91 Å². The quantitative estimate of drug-likeness (QED) is 0.324. The number of nitrogens with one attached hydrogen (secondary N) is 2. The molecule has 5 N–H and O–H groups in total. The largest absolute Gasteiger partial charge is 0.507 e. The van der Waals surface area contributed by atoms with E-state index in [1.807, 2.05) is 0 Å². The van der Waals surface area contributed by atoms with Crippen LogP contribution in [0.15, 0.2) is 54.7 Å². The molecule has 0 saturated carbocycles. The lowest BCUT2D eigenvalue weighted by atomic mass is 10.1. The highest BCUT2D eigenvalue weighted by molar-refractivity contribution is 6.30. The highest BCUT2D eigenvalue weighted by Crippen LogP contribution is 2.30. The molecule has 1 unspecified atom stereocenters. The number of carbonyl (C=O) groups excluding carboxylic acids is 1. The van der Waals surface area contributed by atoms with Gasteiger partial charge in [-0.2, -0.15) is 5.10 Å². The molecule has 0 aliphatic rings. The summed E-state index contributed by atoms with van der Waals surface area (Å²) in [5.74, 6) is -0.337. The van der Waals surface area contributed by atoms with Crippen LogP contribution >= 0.6 is 11.6 Å². The van der Waals surface area contributed by atoms with Crippen molar-refractivity contribution in [3.05, 3.63) is 70.9 Å². The first-order chi connectivity index (χ1) is 14.4. The molecule has 0 fully saturated rings. The van der Waals surface area contributed by atoms with Gasteiger partial charge in [-0.1, -0.05) is 35.9 Å². The second kappa shape index (κ2) is 9.43. The van der Waals surface area contributed by atoms with Crippen molar-refractivity contribution in [2.75, 3.05) is 6.61 Å². The van der Waals surface area contributed by atoms with Crippen molar-refractivity contribution < 1.29 is 14.6 Å². The minimum Gasteiger partial charge on any atom is -0.507 e. The third-order valence-corrected chi connectivity index (χ3v) is 4.60. The van der Waals surface area contributed by atoms with Gasteiger partial charge in [0.15, 0.2) is 0 Å². The number of phenolic OH excluding ortho intramolecular Hbond substituents is 1. The number of nitrogens with zero attached hydrogens (tertiary/aromatic N) is 2. The number of amidine groups is 1. The molecule has 9 heteroatoms. The topological polar surface area (TPSA) is 126 Å². The van der Waals surface area contributed by atoms with E-state index in [2.05, 4.69) is 10.4 Å². The summed E-state index contributed by atoms with van der Waals surface area (Å²) in [5.41, 5.74) is 7.85. The molecule has 3 rings (SSSR count). The maximum absolute atomic E-state index is 12.7. The molecule has 3 aromatic rings. The van der Waals surface area contributed by atoms with E-state index < -0.39 is 6.23 Å². The van der Waals surface area contributed by atoms with E-state index in [4.69, 9.17) is 27.5 Å². The van der Waals surface area contributed by atoms with Crippen molar-refractivity contribution in [2.24, 2.45) is 5.73 Å². The van der Waals surface area contributed by atoms with Crippen LogP contribution < -0.4 is 11.1 Å². The molecule has 1 amide bonds. The third kappa shape index (κ3) is 4.97. The van der Waals surface area contributed by atoms with Crippen LogP contribution in [0, 0.1) is 5.41 Å². The predicted molar refractivity (Wildman–Crippen MR) is 114 cm³/mol. The van der Waals surface area contributed by atoms with Crippen molar-refractivity contribution in [3.63, 3.8) is 0 Å². The van der Waals surface area contributed by atoms with E-state index in [0.29, 0.717) is 28.5 Å². The van der Waals surface area contributed by atoms with Crippen LogP contribution in [0.2, 0.25) is 5.02 Å². The minimum absolute atomic E-state index is 0.0118. The molecular formula is C21H22ClN5O3. The number of amides is 1. The van der Waals surface area contributed by atoms with Crippen molar-refractivity contribution in [3.8, 4) is 17.0 Å². The minimum atomic E-state index is -0.971. The van der Waals surface area contributed by atoms with Crippen molar-refractivity contribution in [1.29, 1.82) is 5.41 Å². The molecule has 1 atom stereocenters. The molecule has 0 aliphatic heterocycles. The standard InChI is InChI=1S/C21H22ClN5O3/c1-2-30-21(20(29)25-12-13-3-5-14(6-4-13)19(23)24)27-10-9-17(26-27)16-11-15(22)7-8-18(16)28/h3-11,21,28H,2,12H2,1H3,(H3,23,24)(H,25,29). The fraction of sp³-hybridized carbons (Fsp3) is 0.190. The number of carbonyl (C=O) groups is 1. The first-order valence-corrected chi connectivity index (χ1v) is 9.63. The Balaban J connectivity index is 1.73. The molecule has 2 aromatic carbocycles. The molecule has 0 saturated heterocycles. The van der Waals surface area contributed by atoms with Gasteiger partial charge in [0.05, 0.1) is 5.69 Å². The molecule has 8 nitrogen and oxygen atoms in total. The number of aromatic hydroxyl groups is 1. The first-order valence-electron chi connectivity index (χ1n) is 9.25. The number of ether oxygens (including phenoxy) is 1. The third-order valence-electron chi connectivity index (χ3n) is 4.36. The number of halogens is 1. The fourth-order valence-corrected chi connectivity index (χ4v) is 3.01. The summed E-state index contributed by atoms with van der Waals surface area (Å²) in [5, 5.41) is 25.2. The van der Waals surface area contributed by atoms with E-state index in [1.54, 1.807) is 55.6 Å². The number of hydrogen-bond donors (Lipinski definition) is 4. The van der Waals surface area contributed by atoms with Gasteiger partial charge in [0.2, 0.25) is 6.23 Å². The van der Waals surface area contributed by atoms with Crippen LogP contribution in [0.5, 0.6) is 5.75 Å². The van der Waals surface area contributed by atoms with Gasteiger partial charge < -0.3 is 20.9 Å². The summed E-state index contributed by atoms with van der Waals surface area (Å²) in [6.45, 7) is 2.38. The summed E-state index contributed by atoms with van der Waals surface area (Å²) >= 11 is 6.01. The Morgan fingerprint density at radius 1 is 1.30 bits per heavy atom. The Kier molecular flexibility index (Phi) is 6.71. The van der Waals surface area contributed by atoms with Gasteiger partial charge in [0, 0.05) is 35.5 Å². The molecule has 0 spiro atoms. The van der Waals surface area contributed by atoms with Crippen molar-refractivity contribution in [2.45, 2.75) is 19.7 Å². The maximum atomic E-state index is 12.7. The molecule has 1 heterocycles. The zero-order valence-corrected chi connectivity index (χ0v) is 17.1. The first kappa shape index (κ1) is 21.4. The number of aromatic nitrogens is 2. The average Bonchev–Trinajstić information content (AvgIpc) is 3.21. The molecule has 156 valence electrons. The molecule has 0 radical (unpaired) electrons. The molecule has 0 aliphatic carbocycles.